The monoisotopic (exact) mass is 210 g/mol. The lowest BCUT2D eigenvalue weighted by molar-refractivity contribution is 0.0639. The highest BCUT2D eigenvalue weighted by atomic mass is 19.1. The highest BCUT2D eigenvalue weighted by molar-refractivity contribution is 5.89. The van der Waals surface area contributed by atoms with Gasteiger partial charge in [0.25, 0.3) is 0 Å². The van der Waals surface area contributed by atoms with E-state index in [4.69, 9.17) is 4.74 Å². The van der Waals surface area contributed by atoms with Crippen LogP contribution in [0.3, 0.4) is 0 Å². The Kier molecular flexibility index (Phi) is 2.55. The molecule has 1 aliphatic heterocycles. The third-order valence-corrected chi connectivity index (χ3v) is 2.18. The normalized spacial score (nSPS) is 20.5. The first kappa shape index (κ1) is 9.92. The minimum atomic E-state index is -0.638. The van der Waals surface area contributed by atoms with Crippen molar-refractivity contribution in [3.8, 4) is 0 Å². The van der Waals surface area contributed by atoms with Crippen LogP contribution >= 0.6 is 0 Å². The molecule has 0 bridgehead atoms. The van der Waals surface area contributed by atoms with Crippen LogP contribution in [0.25, 0.3) is 0 Å². The molecular weight excluding hydrogens is 201 g/mol. The fraction of sp³-hybridized carbons (Fsp3) is 0.300. The van der Waals surface area contributed by atoms with Crippen LogP contribution in [0.2, 0.25) is 0 Å². The number of carbonyl (C=O) groups is 1. The van der Waals surface area contributed by atoms with E-state index in [2.05, 4.69) is 0 Å². The molecule has 1 saturated heterocycles. The maximum absolute atomic E-state index is 12.9. The van der Waals surface area contributed by atoms with Crippen LogP contribution in [0.4, 0.5) is 14.9 Å². The molecule has 5 heteroatoms. The fourth-order valence-corrected chi connectivity index (χ4v) is 1.46. The van der Waals surface area contributed by atoms with Gasteiger partial charge in [-0.05, 0) is 18.2 Å². The van der Waals surface area contributed by atoms with Crippen LogP contribution in [-0.4, -0.2) is 25.3 Å². The van der Waals surface area contributed by atoms with Crippen LogP contribution < -0.4 is 4.90 Å². The van der Waals surface area contributed by atoms with E-state index in [0.717, 1.165) is 0 Å². The number of carbonyl (C=O) groups excluding carboxylic acids is 1. The largest absolute Gasteiger partial charge is 0.441 e. The van der Waals surface area contributed by atoms with Gasteiger partial charge in [-0.1, -0.05) is 6.07 Å². The standard InChI is InChI=1S/C10H9FNO3/c11-7-2-1-3-8(4-7)12-5-9(6-13)15-10(12)14/h1-4,9H,5-6H2/t9-/m1/s1. The summed E-state index contributed by atoms with van der Waals surface area (Å²) < 4.78 is 17.7. The molecule has 0 N–H and O–H groups in total. The first-order valence-corrected chi connectivity index (χ1v) is 4.52. The smallest absolute Gasteiger partial charge is 0.414 e. The lowest BCUT2D eigenvalue weighted by Crippen LogP contribution is -2.25. The number of cyclic esters (lactones) is 1. The topological polar surface area (TPSA) is 49.4 Å². The maximum Gasteiger partial charge on any atom is 0.414 e. The van der Waals surface area contributed by atoms with Gasteiger partial charge in [0.05, 0.1) is 12.2 Å². The second-order valence-electron chi connectivity index (χ2n) is 3.26. The Morgan fingerprint density at radius 2 is 2.33 bits per heavy atom. The number of hydrogen-bond acceptors (Lipinski definition) is 2. The number of halogens is 1. The van der Waals surface area contributed by atoms with E-state index < -0.39 is 24.6 Å². The summed E-state index contributed by atoms with van der Waals surface area (Å²) in [5.74, 6) is -0.425. The van der Waals surface area contributed by atoms with Gasteiger partial charge in [0.1, 0.15) is 18.5 Å². The molecule has 0 spiro atoms. The lowest BCUT2D eigenvalue weighted by Gasteiger charge is -2.12. The number of rotatable bonds is 2. The van der Waals surface area contributed by atoms with Crippen molar-refractivity contribution >= 4 is 11.8 Å². The minimum absolute atomic E-state index is 0.186. The molecule has 2 rings (SSSR count). The zero-order valence-electron chi connectivity index (χ0n) is 7.85. The number of hydrogen-bond donors (Lipinski definition) is 0. The fourth-order valence-electron chi connectivity index (χ4n) is 1.46. The number of amides is 1. The first-order chi connectivity index (χ1) is 7.20. The van der Waals surface area contributed by atoms with Crippen molar-refractivity contribution in [1.29, 1.82) is 0 Å². The molecule has 0 saturated carbocycles. The van der Waals surface area contributed by atoms with Crippen molar-refractivity contribution in [3.05, 3.63) is 30.1 Å². The maximum atomic E-state index is 12.9. The summed E-state index contributed by atoms with van der Waals surface area (Å²) in [4.78, 5) is 12.6. The van der Waals surface area contributed by atoms with E-state index in [1.165, 1.54) is 23.1 Å². The van der Waals surface area contributed by atoms with E-state index >= 15 is 0 Å². The average molecular weight is 210 g/mol. The van der Waals surface area contributed by atoms with Crippen molar-refractivity contribution in [3.63, 3.8) is 0 Å². The van der Waals surface area contributed by atoms with Crippen LogP contribution in [0.5, 0.6) is 0 Å². The summed E-state index contributed by atoms with van der Waals surface area (Å²) >= 11 is 0. The highest BCUT2D eigenvalue weighted by Gasteiger charge is 2.32. The summed E-state index contributed by atoms with van der Waals surface area (Å²) in [5.41, 5.74) is 0.413. The van der Waals surface area contributed by atoms with Gasteiger partial charge >= 0.3 is 6.09 Å². The van der Waals surface area contributed by atoms with Crippen LogP contribution in [0.15, 0.2) is 24.3 Å². The molecule has 0 aromatic heterocycles. The zero-order valence-corrected chi connectivity index (χ0v) is 7.85. The third-order valence-electron chi connectivity index (χ3n) is 2.18. The van der Waals surface area contributed by atoms with Crippen LogP contribution in [0, 0.1) is 5.82 Å². The summed E-state index contributed by atoms with van der Waals surface area (Å²) in [6, 6.07) is 5.62. The van der Waals surface area contributed by atoms with Gasteiger partial charge < -0.3 is 4.74 Å². The van der Waals surface area contributed by atoms with E-state index in [-0.39, 0.29) is 6.54 Å². The Morgan fingerprint density at radius 3 is 2.93 bits per heavy atom. The van der Waals surface area contributed by atoms with Crippen LogP contribution in [0.1, 0.15) is 0 Å². The summed E-state index contributed by atoms with van der Waals surface area (Å²) in [7, 11) is 0. The van der Waals surface area contributed by atoms with Crippen molar-refractivity contribution in [2.45, 2.75) is 6.10 Å². The molecule has 1 amide bonds. The molecule has 1 aromatic carbocycles. The van der Waals surface area contributed by atoms with Crippen molar-refractivity contribution < 1.29 is 19.0 Å². The Bertz CT molecular complexity index is 383. The molecule has 1 heterocycles. The van der Waals surface area contributed by atoms with Gasteiger partial charge in [-0.25, -0.2) is 14.3 Å². The van der Waals surface area contributed by atoms with Gasteiger partial charge in [-0.2, -0.15) is 0 Å². The SMILES string of the molecule is [O]C[C@H]1CN(c2cccc(F)c2)C(=O)O1. The molecule has 1 radical (unpaired) electrons. The molecule has 0 aliphatic carbocycles. The Labute approximate surface area is 85.9 Å². The van der Waals surface area contributed by atoms with Gasteiger partial charge in [0, 0.05) is 0 Å². The Morgan fingerprint density at radius 1 is 1.53 bits per heavy atom. The van der Waals surface area contributed by atoms with E-state index in [9.17, 15) is 14.3 Å². The zero-order chi connectivity index (χ0) is 10.8. The number of benzene rings is 1. The molecule has 79 valence electrons. The summed E-state index contributed by atoms with van der Waals surface area (Å²) in [6.07, 6.45) is -1.23. The third kappa shape index (κ3) is 1.92. The van der Waals surface area contributed by atoms with E-state index in [1.807, 2.05) is 0 Å². The number of nitrogens with zero attached hydrogens (tertiary/aromatic N) is 1. The van der Waals surface area contributed by atoms with E-state index in [1.54, 1.807) is 6.07 Å². The first-order valence-electron chi connectivity index (χ1n) is 4.52. The second kappa shape index (κ2) is 3.86. The molecule has 4 nitrogen and oxygen atoms in total. The minimum Gasteiger partial charge on any atom is -0.441 e. The van der Waals surface area contributed by atoms with Crippen LogP contribution in [-0.2, 0) is 9.84 Å². The molecular formula is C10H9FNO3. The molecule has 1 aliphatic rings. The second-order valence-corrected chi connectivity index (χ2v) is 3.26. The molecule has 15 heavy (non-hydrogen) atoms. The van der Waals surface area contributed by atoms with Gasteiger partial charge in [0.15, 0.2) is 0 Å². The number of anilines is 1. The van der Waals surface area contributed by atoms with Crippen molar-refractivity contribution in [2.75, 3.05) is 18.1 Å². The van der Waals surface area contributed by atoms with Gasteiger partial charge in [-0.15, -0.1) is 0 Å². The predicted molar refractivity (Wildman–Crippen MR) is 49.6 cm³/mol. The molecule has 1 fully saturated rings. The van der Waals surface area contributed by atoms with Gasteiger partial charge in [-0.3, -0.25) is 4.90 Å². The molecule has 1 aromatic rings. The Balaban J connectivity index is 2.21. The highest BCUT2D eigenvalue weighted by Crippen LogP contribution is 2.21. The lowest BCUT2D eigenvalue weighted by atomic mass is 10.2. The van der Waals surface area contributed by atoms with Gasteiger partial charge in [0.2, 0.25) is 0 Å². The van der Waals surface area contributed by atoms with E-state index in [0.29, 0.717) is 5.69 Å². The molecule has 1 atom stereocenters. The average Bonchev–Trinajstić information content (AvgIpc) is 2.60. The Hall–Kier alpha value is -1.62. The van der Waals surface area contributed by atoms with Crippen molar-refractivity contribution in [1.82, 2.24) is 0 Å². The number of ether oxygens (including phenoxy) is 1. The summed E-state index contributed by atoms with van der Waals surface area (Å²) in [5, 5.41) is 10.5. The molecule has 0 unspecified atom stereocenters. The van der Waals surface area contributed by atoms with Crippen molar-refractivity contribution in [2.24, 2.45) is 0 Å². The quantitative estimate of drug-likeness (QED) is 0.744. The predicted octanol–water partition coefficient (Wildman–Crippen LogP) is 1.58. The summed E-state index contributed by atoms with van der Waals surface area (Å²) in [6.45, 7) is -0.288.